The Bertz CT molecular complexity index is 341. The average molecular weight is 302 g/mol. The molecule has 96 valence electrons. The van der Waals surface area contributed by atoms with Crippen molar-refractivity contribution in [2.45, 2.75) is 52.1 Å². The van der Waals surface area contributed by atoms with Gasteiger partial charge in [0.15, 0.2) is 0 Å². The molecule has 0 bridgehead atoms. The molecule has 1 N–H and O–H groups in total. The van der Waals surface area contributed by atoms with Crippen molar-refractivity contribution in [2.24, 2.45) is 0 Å². The van der Waals surface area contributed by atoms with Gasteiger partial charge in [-0.25, -0.2) is 4.39 Å². The van der Waals surface area contributed by atoms with E-state index in [1.54, 1.807) is 6.07 Å². The highest BCUT2D eigenvalue weighted by Gasteiger charge is 2.07. The van der Waals surface area contributed by atoms with Gasteiger partial charge in [-0.3, -0.25) is 0 Å². The molecule has 1 aromatic rings. The first-order chi connectivity index (χ1) is 8.17. The van der Waals surface area contributed by atoms with E-state index in [2.05, 4.69) is 35.1 Å². The second-order valence-electron chi connectivity index (χ2n) is 4.36. The Kier molecular flexibility index (Phi) is 6.75. The Hall–Kier alpha value is -0.410. The normalized spacial score (nSPS) is 12.7. The highest BCUT2D eigenvalue weighted by molar-refractivity contribution is 9.10. The zero-order chi connectivity index (χ0) is 12.7. The summed E-state index contributed by atoms with van der Waals surface area (Å²) in [6.07, 6.45) is 4.70. The first-order valence-electron chi connectivity index (χ1n) is 6.34. The lowest BCUT2D eigenvalue weighted by atomic mass is 10.1. The molecule has 0 saturated heterocycles. The summed E-state index contributed by atoms with van der Waals surface area (Å²) in [5, 5.41) is 3.43. The molecule has 17 heavy (non-hydrogen) atoms. The third-order valence-corrected chi connectivity index (χ3v) is 3.48. The molecular formula is C14H21BrFN. The molecule has 0 radical (unpaired) electrons. The molecule has 0 fully saturated rings. The zero-order valence-electron chi connectivity index (χ0n) is 10.6. The number of unbranched alkanes of at least 4 members (excludes halogenated alkanes) is 1. The fourth-order valence-electron chi connectivity index (χ4n) is 1.83. The standard InChI is InChI=1S/C14H21BrFN/c1-3-5-6-13(4-2)17-10-11-9-12(15)7-8-14(11)16/h7-9,13,17H,3-6,10H2,1-2H3. The summed E-state index contributed by atoms with van der Waals surface area (Å²) in [4.78, 5) is 0. The fourth-order valence-corrected chi connectivity index (χ4v) is 2.24. The zero-order valence-corrected chi connectivity index (χ0v) is 12.2. The lowest BCUT2D eigenvalue weighted by Gasteiger charge is -2.17. The summed E-state index contributed by atoms with van der Waals surface area (Å²) in [6.45, 7) is 4.97. The SMILES string of the molecule is CCCCC(CC)NCc1cc(Br)ccc1F. The number of rotatable bonds is 7. The summed E-state index contributed by atoms with van der Waals surface area (Å²) < 4.78 is 14.4. The molecule has 1 unspecified atom stereocenters. The molecule has 1 atom stereocenters. The molecule has 0 aliphatic carbocycles. The summed E-state index contributed by atoms with van der Waals surface area (Å²) >= 11 is 3.37. The predicted octanol–water partition coefficient (Wildman–Crippen LogP) is 4.65. The third kappa shape index (κ3) is 5.17. The van der Waals surface area contributed by atoms with Gasteiger partial charge in [-0.2, -0.15) is 0 Å². The minimum absolute atomic E-state index is 0.133. The van der Waals surface area contributed by atoms with Gasteiger partial charge in [-0.05, 0) is 31.0 Å². The number of hydrogen-bond acceptors (Lipinski definition) is 1. The molecule has 1 aromatic carbocycles. The molecule has 3 heteroatoms. The van der Waals surface area contributed by atoms with Crippen LogP contribution >= 0.6 is 15.9 Å². The molecule has 0 spiro atoms. The van der Waals surface area contributed by atoms with Crippen LogP contribution in [0.25, 0.3) is 0 Å². The van der Waals surface area contributed by atoms with Crippen molar-refractivity contribution in [3.63, 3.8) is 0 Å². The maximum absolute atomic E-state index is 13.5. The van der Waals surface area contributed by atoms with Crippen LogP contribution in [0, 0.1) is 5.82 Å². The summed E-state index contributed by atoms with van der Waals surface area (Å²) in [6, 6.07) is 5.57. The highest BCUT2D eigenvalue weighted by atomic mass is 79.9. The van der Waals surface area contributed by atoms with Gasteiger partial charge >= 0.3 is 0 Å². The van der Waals surface area contributed by atoms with Gasteiger partial charge < -0.3 is 5.32 Å². The van der Waals surface area contributed by atoms with Crippen molar-refractivity contribution in [3.05, 3.63) is 34.1 Å². The van der Waals surface area contributed by atoms with Gasteiger partial charge in [0.2, 0.25) is 0 Å². The second kappa shape index (κ2) is 7.83. The van der Waals surface area contributed by atoms with Crippen LogP contribution in [0.1, 0.15) is 45.1 Å². The molecule has 0 aliphatic heterocycles. The van der Waals surface area contributed by atoms with Crippen LogP contribution in [0.4, 0.5) is 4.39 Å². The van der Waals surface area contributed by atoms with E-state index in [1.165, 1.54) is 25.3 Å². The summed E-state index contributed by atoms with van der Waals surface area (Å²) in [5.74, 6) is -0.133. The third-order valence-electron chi connectivity index (χ3n) is 2.99. The first kappa shape index (κ1) is 14.7. The Morgan fingerprint density at radius 1 is 1.35 bits per heavy atom. The first-order valence-corrected chi connectivity index (χ1v) is 7.14. The van der Waals surface area contributed by atoms with E-state index < -0.39 is 0 Å². The topological polar surface area (TPSA) is 12.0 Å². The van der Waals surface area contributed by atoms with E-state index in [9.17, 15) is 4.39 Å². The van der Waals surface area contributed by atoms with Crippen LogP contribution in [0.3, 0.4) is 0 Å². The number of halogens is 2. The van der Waals surface area contributed by atoms with Gasteiger partial charge in [0, 0.05) is 22.6 Å². The Morgan fingerprint density at radius 2 is 2.12 bits per heavy atom. The Balaban J connectivity index is 2.50. The van der Waals surface area contributed by atoms with Crippen molar-refractivity contribution in [2.75, 3.05) is 0 Å². The van der Waals surface area contributed by atoms with Crippen LogP contribution in [-0.4, -0.2) is 6.04 Å². The van der Waals surface area contributed by atoms with Gasteiger partial charge in [0.25, 0.3) is 0 Å². The van der Waals surface area contributed by atoms with E-state index in [-0.39, 0.29) is 5.82 Å². The van der Waals surface area contributed by atoms with Crippen molar-refractivity contribution in [1.82, 2.24) is 5.32 Å². The summed E-state index contributed by atoms with van der Waals surface area (Å²) in [5.41, 5.74) is 0.731. The van der Waals surface area contributed by atoms with Gasteiger partial charge in [-0.1, -0.05) is 42.6 Å². The largest absolute Gasteiger partial charge is 0.310 e. The van der Waals surface area contributed by atoms with Crippen LogP contribution in [-0.2, 0) is 6.54 Å². The molecule has 0 heterocycles. The predicted molar refractivity (Wildman–Crippen MR) is 74.5 cm³/mol. The highest BCUT2D eigenvalue weighted by Crippen LogP contribution is 2.16. The van der Waals surface area contributed by atoms with E-state index in [0.29, 0.717) is 12.6 Å². The number of benzene rings is 1. The lowest BCUT2D eigenvalue weighted by molar-refractivity contribution is 0.446. The fraction of sp³-hybridized carbons (Fsp3) is 0.571. The molecule has 1 rings (SSSR count). The van der Waals surface area contributed by atoms with Crippen molar-refractivity contribution >= 4 is 15.9 Å². The van der Waals surface area contributed by atoms with Gasteiger partial charge in [-0.15, -0.1) is 0 Å². The number of hydrogen-bond donors (Lipinski definition) is 1. The maximum atomic E-state index is 13.5. The maximum Gasteiger partial charge on any atom is 0.127 e. The van der Waals surface area contributed by atoms with Crippen LogP contribution in [0.5, 0.6) is 0 Å². The quantitative estimate of drug-likeness (QED) is 0.773. The van der Waals surface area contributed by atoms with Crippen molar-refractivity contribution < 1.29 is 4.39 Å². The lowest BCUT2D eigenvalue weighted by Crippen LogP contribution is -2.28. The average Bonchev–Trinajstić information content (AvgIpc) is 2.33. The minimum atomic E-state index is -0.133. The van der Waals surface area contributed by atoms with E-state index >= 15 is 0 Å². The van der Waals surface area contributed by atoms with E-state index in [4.69, 9.17) is 0 Å². The van der Waals surface area contributed by atoms with E-state index in [0.717, 1.165) is 16.5 Å². The van der Waals surface area contributed by atoms with Crippen LogP contribution < -0.4 is 5.32 Å². The number of nitrogens with one attached hydrogen (secondary N) is 1. The molecule has 0 aromatic heterocycles. The van der Waals surface area contributed by atoms with Crippen LogP contribution in [0.15, 0.2) is 22.7 Å². The molecule has 0 amide bonds. The molecular weight excluding hydrogens is 281 g/mol. The van der Waals surface area contributed by atoms with Crippen molar-refractivity contribution in [1.29, 1.82) is 0 Å². The van der Waals surface area contributed by atoms with Crippen LogP contribution in [0.2, 0.25) is 0 Å². The Labute approximate surface area is 112 Å². The van der Waals surface area contributed by atoms with E-state index in [1.807, 2.05) is 6.07 Å². The van der Waals surface area contributed by atoms with Gasteiger partial charge in [0.05, 0.1) is 0 Å². The summed E-state index contributed by atoms with van der Waals surface area (Å²) in [7, 11) is 0. The van der Waals surface area contributed by atoms with Gasteiger partial charge in [0.1, 0.15) is 5.82 Å². The smallest absolute Gasteiger partial charge is 0.127 e. The molecule has 0 aliphatic rings. The minimum Gasteiger partial charge on any atom is -0.310 e. The van der Waals surface area contributed by atoms with Crippen molar-refractivity contribution in [3.8, 4) is 0 Å². The molecule has 0 saturated carbocycles. The Morgan fingerprint density at radius 3 is 2.76 bits per heavy atom. The molecule has 1 nitrogen and oxygen atoms in total. The second-order valence-corrected chi connectivity index (χ2v) is 5.28. The monoisotopic (exact) mass is 301 g/mol.